The molecule has 102 valence electrons. The Morgan fingerprint density at radius 3 is 2.65 bits per heavy atom. The molecule has 0 amide bonds. The van der Waals surface area contributed by atoms with Crippen molar-refractivity contribution in [2.45, 2.75) is 12.3 Å². The lowest BCUT2D eigenvalue weighted by atomic mass is 9.99. The number of carbonyl (C=O) groups excluding carboxylic acids is 1. The number of nitrogens with zero attached hydrogens (tertiary/aromatic N) is 1. The molecule has 0 saturated carbocycles. The van der Waals surface area contributed by atoms with Crippen LogP contribution >= 0.6 is 0 Å². The summed E-state index contributed by atoms with van der Waals surface area (Å²) in [5.41, 5.74) is 2.15. The van der Waals surface area contributed by atoms with Crippen LogP contribution in [-0.2, 0) is 0 Å². The molecule has 0 bridgehead atoms. The SMILES string of the molecule is O=Cc1cccc(F)c1N1CCC(c2ccccc2)C1. The highest BCUT2D eigenvalue weighted by molar-refractivity contribution is 5.85. The highest BCUT2D eigenvalue weighted by Crippen LogP contribution is 2.33. The van der Waals surface area contributed by atoms with Crippen molar-refractivity contribution >= 4 is 12.0 Å². The van der Waals surface area contributed by atoms with Gasteiger partial charge in [0.25, 0.3) is 0 Å². The van der Waals surface area contributed by atoms with Crippen molar-refractivity contribution in [1.82, 2.24) is 0 Å². The third-order valence-corrected chi connectivity index (χ3v) is 3.92. The minimum atomic E-state index is -0.316. The number of aldehydes is 1. The maximum Gasteiger partial charge on any atom is 0.152 e. The van der Waals surface area contributed by atoms with Gasteiger partial charge in [-0.25, -0.2) is 4.39 Å². The summed E-state index contributed by atoms with van der Waals surface area (Å²) in [7, 11) is 0. The van der Waals surface area contributed by atoms with Crippen molar-refractivity contribution < 1.29 is 9.18 Å². The lowest BCUT2D eigenvalue weighted by Crippen LogP contribution is -2.22. The maximum absolute atomic E-state index is 14.0. The van der Waals surface area contributed by atoms with Gasteiger partial charge in [-0.05, 0) is 24.1 Å². The first kappa shape index (κ1) is 12.9. The number of halogens is 1. The predicted octanol–water partition coefficient (Wildman–Crippen LogP) is 3.63. The first-order valence-electron chi connectivity index (χ1n) is 6.83. The van der Waals surface area contributed by atoms with Crippen LogP contribution in [0.25, 0.3) is 0 Å². The number of hydrogen-bond donors (Lipinski definition) is 0. The predicted molar refractivity (Wildman–Crippen MR) is 77.8 cm³/mol. The van der Waals surface area contributed by atoms with Crippen molar-refractivity contribution in [3.8, 4) is 0 Å². The van der Waals surface area contributed by atoms with E-state index in [1.54, 1.807) is 12.1 Å². The van der Waals surface area contributed by atoms with Crippen LogP contribution in [0.1, 0.15) is 28.3 Å². The molecule has 3 heteroatoms. The minimum Gasteiger partial charge on any atom is -0.368 e. The molecule has 1 aliphatic heterocycles. The molecule has 1 saturated heterocycles. The van der Waals surface area contributed by atoms with Crippen LogP contribution in [-0.4, -0.2) is 19.4 Å². The number of carbonyl (C=O) groups is 1. The molecule has 2 aromatic rings. The van der Waals surface area contributed by atoms with E-state index in [4.69, 9.17) is 0 Å². The summed E-state index contributed by atoms with van der Waals surface area (Å²) in [6.45, 7) is 1.53. The van der Waals surface area contributed by atoms with E-state index in [1.807, 2.05) is 23.1 Å². The smallest absolute Gasteiger partial charge is 0.152 e. The molecule has 20 heavy (non-hydrogen) atoms. The van der Waals surface area contributed by atoms with Gasteiger partial charge >= 0.3 is 0 Å². The lowest BCUT2D eigenvalue weighted by Gasteiger charge is -2.21. The zero-order valence-corrected chi connectivity index (χ0v) is 11.1. The van der Waals surface area contributed by atoms with Crippen molar-refractivity contribution in [3.05, 3.63) is 65.5 Å². The summed E-state index contributed by atoms with van der Waals surface area (Å²) in [5, 5.41) is 0. The fourth-order valence-corrected chi connectivity index (χ4v) is 2.92. The lowest BCUT2D eigenvalue weighted by molar-refractivity contribution is 0.112. The summed E-state index contributed by atoms with van der Waals surface area (Å²) in [4.78, 5) is 13.1. The van der Waals surface area contributed by atoms with E-state index >= 15 is 0 Å². The molecule has 0 aromatic heterocycles. The molecule has 0 N–H and O–H groups in total. The maximum atomic E-state index is 14.0. The summed E-state index contributed by atoms with van der Waals surface area (Å²) in [6.07, 6.45) is 1.71. The summed E-state index contributed by atoms with van der Waals surface area (Å²) in [6, 6.07) is 14.9. The van der Waals surface area contributed by atoms with Crippen LogP contribution in [0.5, 0.6) is 0 Å². The monoisotopic (exact) mass is 269 g/mol. The van der Waals surface area contributed by atoms with Gasteiger partial charge < -0.3 is 4.90 Å². The molecule has 0 aliphatic carbocycles. The topological polar surface area (TPSA) is 20.3 Å². The summed E-state index contributed by atoms with van der Waals surface area (Å²) < 4.78 is 14.0. The Bertz CT molecular complexity index is 612. The van der Waals surface area contributed by atoms with Crippen LogP contribution in [0.2, 0.25) is 0 Å². The Morgan fingerprint density at radius 2 is 1.90 bits per heavy atom. The molecule has 1 heterocycles. The average molecular weight is 269 g/mol. The van der Waals surface area contributed by atoms with Gasteiger partial charge in [-0.3, -0.25) is 4.79 Å². The molecule has 1 unspecified atom stereocenters. The molecule has 2 aromatic carbocycles. The first-order chi connectivity index (χ1) is 9.79. The second-order valence-electron chi connectivity index (χ2n) is 5.14. The highest BCUT2D eigenvalue weighted by Gasteiger charge is 2.27. The second-order valence-corrected chi connectivity index (χ2v) is 5.14. The quantitative estimate of drug-likeness (QED) is 0.793. The Kier molecular flexibility index (Phi) is 3.50. The average Bonchev–Trinajstić information content (AvgIpc) is 2.97. The summed E-state index contributed by atoms with van der Waals surface area (Å²) >= 11 is 0. The number of para-hydroxylation sites is 1. The van der Waals surface area contributed by atoms with E-state index < -0.39 is 0 Å². The normalized spacial score (nSPS) is 18.2. The molecule has 3 rings (SSSR count). The van der Waals surface area contributed by atoms with Crippen molar-refractivity contribution in [1.29, 1.82) is 0 Å². The van der Waals surface area contributed by atoms with Crippen LogP contribution in [0.3, 0.4) is 0 Å². The highest BCUT2D eigenvalue weighted by atomic mass is 19.1. The van der Waals surface area contributed by atoms with Gasteiger partial charge in [0.1, 0.15) is 5.82 Å². The fraction of sp³-hybridized carbons (Fsp3) is 0.235. The van der Waals surface area contributed by atoms with E-state index in [-0.39, 0.29) is 5.82 Å². The van der Waals surface area contributed by atoms with Gasteiger partial charge in [0.2, 0.25) is 0 Å². The third-order valence-electron chi connectivity index (χ3n) is 3.92. The van der Waals surface area contributed by atoms with Gasteiger partial charge in [0.15, 0.2) is 6.29 Å². The van der Waals surface area contributed by atoms with Gasteiger partial charge in [0.05, 0.1) is 5.69 Å². The van der Waals surface area contributed by atoms with Gasteiger partial charge in [-0.15, -0.1) is 0 Å². The first-order valence-corrected chi connectivity index (χ1v) is 6.83. The molecule has 0 spiro atoms. The largest absolute Gasteiger partial charge is 0.368 e. The Morgan fingerprint density at radius 1 is 1.10 bits per heavy atom. The standard InChI is InChI=1S/C17H16FNO/c18-16-8-4-7-15(12-20)17(16)19-10-9-14(11-19)13-5-2-1-3-6-13/h1-8,12,14H,9-11H2. The van der Waals surface area contributed by atoms with E-state index in [0.29, 0.717) is 17.2 Å². The number of hydrogen-bond acceptors (Lipinski definition) is 2. The van der Waals surface area contributed by atoms with Crippen LogP contribution in [0, 0.1) is 5.82 Å². The Hall–Kier alpha value is -2.16. The van der Waals surface area contributed by atoms with E-state index in [9.17, 15) is 9.18 Å². The van der Waals surface area contributed by atoms with Gasteiger partial charge in [-0.1, -0.05) is 36.4 Å². The fourth-order valence-electron chi connectivity index (χ4n) is 2.92. The molecule has 1 fully saturated rings. The Labute approximate surface area is 117 Å². The second kappa shape index (κ2) is 5.45. The van der Waals surface area contributed by atoms with Gasteiger partial charge in [0, 0.05) is 24.6 Å². The Balaban J connectivity index is 1.86. The molecule has 1 atom stereocenters. The molecule has 0 radical (unpaired) electrons. The van der Waals surface area contributed by atoms with Crippen LogP contribution in [0.15, 0.2) is 48.5 Å². The van der Waals surface area contributed by atoms with E-state index in [1.165, 1.54) is 11.6 Å². The molecular weight excluding hydrogens is 253 g/mol. The number of benzene rings is 2. The van der Waals surface area contributed by atoms with Crippen LogP contribution < -0.4 is 4.90 Å². The van der Waals surface area contributed by atoms with Crippen molar-refractivity contribution in [2.24, 2.45) is 0 Å². The third kappa shape index (κ3) is 2.31. The molecule has 1 aliphatic rings. The van der Waals surface area contributed by atoms with Crippen molar-refractivity contribution in [3.63, 3.8) is 0 Å². The van der Waals surface area contributed by atoms with Gasteiger partial charge in [-0.2, -0.15) is 0 Å². The minimum absolute atomic E-state index is 0.316. The zero-order chi connectivity index (χ0) is 13.9. The number of rotatable bonds is 3. The van der Waals surface area contributed by atoms with E-state index in [2.05, 4.69) is 12.1 Å². The zero-order valence-electron chi connectivity index (χ0n) is 11.1. The van der Waals surface area contributed by atoms with Crippen LogP contribution in [0.4, 0.5) is 10.1 Å². The molecular formula is C17H16FNO. The number of anilines is 1. The van der Waals surface area contributed by atoms with E-state index in [0.717, 1.165) is 25.8 Å². The molecule has 2 nitrogen and oxygen atoms in total. The summed E-state index contributed by atoms with van der Waals surface area (Å²) in [5.74, 6) is 0.0821. The van der Waals surface area contributed by atoms with Crippen molar-refractivity contribution in [2.75, 3.05) is 18.0 Å².